The number of halogens is 2. The zero-order valence-corrected chi connectivity index (χ0v) is 16.6. The largest absolute Gasteiger partial charge is 0.483 e. The van der Waals surface area contributed by atoms with Gasteiger partial charge in [-0.05, 0) is 25.8 Å². The monoisotopic (exact) mass is 425 g/mol. The van der Waals surface area contributed by atoms with Gasteiger partial charge in [-0.3, -0.25) is 14.7 Å². The normalized spacial score (nSPS) is 19.8. The van der Waals surface area contributed by atoms with Gasteiger partial charge in [-0.2, -0.15) is 5.10 Å². The smallest absolute Gasteiger partial charge is 0.290 e. The van der Waals surface area contributed by atoms with E-state index in [-0.39, 0.29) is 37.8 Å². The van der Waals surface area contributed by atoms with Crippen molar-refractivity contribution in [2.45, 2.75) is 64.1 Å². The number of alkyl halides is 2. The average Bonchev–Trinajstić information content (AvgIpc) is 3.28. The van der Waals surface area contributed by atoms with Gasteiger partial charge in [0.15, 0.2) is 0 Å². The summed E-state index contributed by atoms with van der Waals surface area (Å²) < 4.78 is 31.2. The van der Waals surface area contributed by atoms with Gasteiger partial charge in [0.1, 0.15) is 11.5 Å². The second kappa shape index (κ2) is 9.33. The molecule has 4 rings (SSSR count). The van der Waals surface area contributed by atoms with Gasteiger partial charge in [-0.25, -0.2) is 8.78 Å². The summed E-state index contributed by atoms with van der Waals surface area (Å²) in [4.78, 5) is 20.3. The first kappa shape index (κ1) is 21.9. The van der Waals surface area contributed by atoms with Crippen LogP contribution in [0.2, 0.25) is 0 Å². The molecule has 0 spiro atoms. The predicted octanol–water partition coefficient (Wildman–Crippen LogP) is 1.72. The number of hydrogen-bond acceptors (Lipinski definition) is 6. The molecule has 2 aromatic heterocycles. The van der Waals surface area contributed by atoms with E-state index in [1.807, 2.05) is 13.0 Å². The third kappa shape index (κ3) is 5.41. The molecule has 164 valence electrons. The minimum atomic E-state index is -2.69. The lowest BCUT2D eigenvalue weighted by Crippen LogP contribution is -2.44. The number of aromatic amines is 1. The Hall–Kier alpha value is -2.82. The molecule has 11 heteroatoms. The van der Waals surface area contributed by atoms with Gasteiger partial charge in [0.2, 0.25) is 11.8 Å². The van der Waals surface area contributed by atoms with Crippen molar-refractivity contribution in [1.82, 2.24) is 26.0 Å². The number of rotatable bonds is 6. The van der Waals surface area contributed by atoms with Gasteiger partial charge < -0.3 is 20.3 Å². The van der Waals surface area contributed by atoms with E-state index < -0.39 is 11.8 Å². The summed E-state index contributed by atoms with van der Waals surface area (Å²) in [6, 6.07) is 2.28. The maximum Gasteiger partial charge on any atom is 0.290 e. The molecular weight excluding hydrogens is 400 g/mol. The standard InChI is InChI=1S/C18H23F2N5O2.CH2O2/c1-10-4-13(24-23-10)8-21-12-2-3-16-14(5-12)15(25-27-16)9-22-17(26)11-6-18(19,20)7-11;2-1-3/h4,11-12,21H,2-3,5-9H2,1H3,(H,22,26)(H,23,24);1H,(H,2,3). The summed E-state index contributed by atoms with van der Waals surface area (Å²) in [5.41, 5.74) is 3.69. The van der Waals surface area contributed by atoms with Crippen LogP contribution in [0, 0.1) is 12.8 Å². The fourth-order valence-corrected chi connectivity index (χ4v) is 3.75. The van der Waals surface area contributed by atoms with Crippen molar-refractivity contribution in [3.05, 3.63) is 34.5 Å². The molecular formula is C19H25F2N5O4. The Kier molecular flexibility index (Phi) is 6.80. The fourth-order valence-electron chi connectivity index (χ4n) is 3.75. The van der Waals surface area contributed by atoms with Gasteiger partial charge >= 0.3 is 0 Å². The highest BCUT2D eigenvalue weighted by Crippen LogP contribution is 2.42. The highest BCUT2D eigenvalue weighted by atomic mass is 19.3. The minimum Gasteiger partial charge on any atom is -0.483 e. The van der Waals surface area contributed by atoms with Crippen molar-refractivity contribution in [3.8, 4) is 0 Å². The van der Waals surface area contributed by atoms with E-state index in [0.29, 0.717) is 12.2 Å². The molecule has 2 heterocycles. The summed E-state index contributed by atoms with van der Waals surface area (Å²) in [7, 11) is 0. The van der Waals surface area contributed by atoms with E-state index in [9.17, 15) is 13.6 Å². The maximum atomic E-state index is 12.9. The summed E-state index contributed by atoms with van der Waals surface area (Å²) in [6.07, 6.45) is 1.74. The van der Waals surface area contributed by atoms with E-state index >= 15 is 0 Å². The lowest BCUT2D eigenvalue weighted by atomic mass is 9.81. The number of nitrogens with zero attached hydrogens (tertiary/aromatic N) is 2. The van der Waals surface area contributed by atoms with E-state index in [1.165, 1.54) is 0 Å². The molecule has 1 saturated carbocycles. The van der Waals surface area contributed by atoms with Crippen LogP contribution in [-0.2, 0) is 35.5 Å². The Morgan fingerprint density at radius 2 is 2.17 bits per heavy atom. The summed E-state index contributed by atoms with van der Waals surface area (Å²) >= 11 is 0. The average molecular weight is 425 g/mol. The number of aryl methyl sites for hydroxylation is 2. The van der Waals surface area contributed by atoms with Crippen LogP contribution in [0.1, 0.15) is 47.7 Å². The molecule has 0 radical (unpaired) electrons. The highest BCUT2D eigenvalue weighted by molar-refractivity contribution is 5.79. The highest BCUT2D eigenvalue weighted by Gasteiger charge is 2.48. The van der Waals surface area contributed by atoms with Gasteiger partial charge in [0, 0.05) is 49.0 Å². The van der Waals surface area contributed by atoms with Gasteiger partial charge in [0.25, 0.3) is 6.47 Å². The molecule has 30 heavy (non-hydrogen) atoms. The van der Waals surface area contributed by atoms with Crippen molar-refractivity contribution in [2.24, 2.45) is 5.92 Å². The molecule has 9 nitrogen and oxygen atoms in total. The quantitative estimate of drug-likeness (QED) is 0.518. The first-order valence-corrected chi connectivity index (χ1v) is 9.75. The lowest BCUT2D eigenvalue weighted by Gasteiger charge is -2.33. The van der Waals surface area contributed by atoms with Crippen molar-refractivity contribution in [3.63, 3.8) is 0 Å². The molecule has 0 bridgehead atoms. The Balaban J connectivity index is 0.000000806. The lowest BCUT2D eigenvalue weighted by molar-refractivity contribution is -0.150. The molecule has 1 unspecified atom stereocenters. The molecule has 0 aromatic carbocycles. The number of aromatic nitrogens is 3. The zero-order valence-electron chi connectivity index (χ0n) is 16.6. The number of carbonyl (C=O) groups is 2. The van der Waals surface area contributed by atoms with Gasteiger partial charge in [-0.1, -0.05) is 5.16 Å². The van der Waals surface area contributed by atoms with Crippen LogP contribution in [0.5, 0.6) is 0 Å². The Labute approximate surface area is 171 Å². The number of nitrogens with one attached hydrogen (secondary N) is 3. The van der Waals surface area contributed by atoms with E-state index in [0.717, 1.165) is 42.0 Å². The predicted molar refractivity (Wildman–Crippen MR) is 101 cm³/mol. The fraction of sp³-hybridized carbons (Fsp3) is 0.579. The molecule has 1 fully saturated rings. The molecule has 2 aromatic rings. The third-order valence-electron chi connectivity index (χ3n) is 5.34. The number of carbonyl (C=O) groups excluding carboxylic acids is 1. The van der Waals surface area contributed by atoms with Crippen molar-refractivity contribution in [2.75, 3.05) is 0 Å². The van der Waals surface area contributed by atoms with Crippen LogP contribution in [0.25, 0.3) is 0 Å². The Morgan fingerprint density at radius 1 is 1.43 bits per heavy atom. The first-order valence-electron chi connectivity index (χ1n) is 9.75. The van der Waals surface area contributed by atoms with Crippen LogP contribution in [0.15, 0.2) is 10.6 Å². The summed E-state index contributed by atoms with van der Waals surface area (Å²) in [6.45, 7) is 2.61. The second-order valence-corrected chi connectivity index (χ2v) is 7.68. The van der Waals surface area contributed by atoms with E-state index in [2.05, 4.69) is 26.0 Å². The van der Waals surface area contributed by atoms with Crippen molar-refractivity contribution >= 4 is 12.4 Å². The summed E-state index contributed by atoms with van der Waals surface area (Å²) in [5.74, 6) is -2.78. The van der Waals surface area contributed by atoms with Crippen molar-refractivity contribution < 1.29 is 28.0 Å². The molecule has 1 atom stereocenters. The first-order chi connectivity index (χ1) is 14.3. The van der Waals surface area contributed by atoms with Crippen molar-refractivity contribution in [1.29, 1.82) is 0 Å². The van der Waals surface area contributed by atoms with Crippen LogP contribution < -0.4 is 10.6 Å². The van der Waals surface area contributed by atoms with Gasteiger partial charge in [-0.15, -0.1) is 0 Å². The maximum absolute atomic E-state index is 12.9. The molecule has 0 aliphatic heterocycles. The number of carboxylic acid groups (broad SMARTS) is 1. The SMILES string of the molecule is Cc1cc(CNC2CCc3onc(CNC(=O)C4CC(F)(F)C4)c3C2)n[nH]1.O=CO. The van der Waals surface area contributed by atoms with E-state index in [1.54, 1.807) is 0 Å². The number of amides is 1. The molecule has 1 amide bonds. The third-order valence-corrected chi connectivity index (χ3v) is 5.34. The van der Waals surface area contributed by atoms with Crippen LogP contribution in [0.4, 0.5) is 8.78 Å². The number of fused-ring (bicyclic) bond motifs is 1. The van der Waals surface area contributed by atoms with Crippen LogP contribution in [0.3, 0.4) is 0 Å². The molecule has 0 saturated heterocycles. The molecule has 2 aliphatic rings. The van der Waals surface area contributed by atoms with Crippen LogP contribution >= 0.6 is 0 Å². The summed E-state index contributed by atoms with van der Waals surface area (Å²) in [5, 5.41) is 24.3. The molecule has 4 N–H and O–H groups in total. The number of hydrogen-bond donors (Lipinski definition) is 4. The minimum absolute atomic E-state index is 0.213. The molecule has 2 aliphatic carbocycles. The van der Waals surface area contributed by atoms with Gasteiger partial charge in [0.05, 0.1) is 12.2 Å². The zero-order chi connectivity index (χ0) is 21.7. The van der Waals surface area contributed by atoms with E-state index in [4.69, 9.17) is 14.4 Å². The number of H-pyrrole nitrogens is 1. The topological polar surface area (TPSA) is 133 Å². The Bertz CT molecular complexity index is 874. The Morgan fingerprint density at radius 3 is 2.80 bits per heavy atom. The van der Waals surface area contributed by atoms with Crippen LogP contribution in [-0.4, -0.2) is 44.8 Å². The second-order valence-electron chi connectivity index (χ2n) is 7.68.